The summed E-state index contributed by atoms with van der Waals surface area (Å²) in [7, 11) is 0. The molecule has 0 aromatic heterocycles. The molecular formula is C13H18ClNO3. The van der Waals surface area contributed by atoms with E-state index in [0.29, 0.717) is 23.4 Å². The van der Waals surface area contributed by atoms with Crippen molar-refractivity contribution in [2.45, 2.75) is 18.6 Å². The van der Waals surface area contributed by atoms with Crippen molar-refractivity contribution in [1.82, 2.24) is 5.32 Å². The number of ether oxygens (including phenoxy) is 2. The van der Waals surface area contributed by atoms with Crippen molar-refractivity contribution in [1.29, 1.82) is 0 Å². The van der Waals surface area contributed by atoms with Crippen molar-refractivity contribution in [2.24, 2.45) is 0 Å². The smallest absolute Gasteiger partial charge is 0.120 e. The van der Waals surface area contributed by atoms with E-state index in [4.69, 9.17) is 21.1 Å². The largest absolute Gasteiger partial charge is 0.491 e. The third kappa shape index (κ3) is 4.46. The fourth-order valence-corrected chi connectivity index (χ4v) is 1.99. The summed E-state index contributed by atoms with van der Waals surface area (Å²) in [6, 6.07) is 7.50. The predicted octanol–water partition coefficient (Wildman–Crippen LogP) is 1.46. The highest BCUT2D eigenvalue weighted by Gasteiger charge is 2.16. The van der Waals surface area contributed by atoms with Gasteiger partial charge in [-0.2, -0.15) is 0 Å². The topological polar surface area (TPSA) is 50.7 Å². The molecule has 2 rings (SSSR count). The molecule has 0 radical (unpaired) electrons. The quantitative estimate of drug-likeness (QED) is 0.822. The van der Waals surface area contributed by atoms with Gasteiger partial charge in [-0.1, -0.05) is 17.7 Å². The maximum atomic E-state index is 9.78. The van der Waals surface area contributed by atoms with Crippen LogP contribution in [-0.4, -0.2) is 43.6 Å². The minimum Gasteiger partial charge on any atom is -0.491 e. The average Bonchev–Trinajstić information content (AvgIpc) is 2.87. The summed E-state index contributed by atoms with van der Waals surface area (Å²) in [5.74, 6) is 0.672. The predicted molar refractivity (Wildman–Crippen MR) is 70.2 cm³/mol. The van der Waals surface area contributed by atoms with Gasteiger partial charge in [-0.15, -0.1) is 0 Å². The molecule has 100 valence electrons. The minimum atomic E-state index is -0.537. The SMILES string of the molecule is OC(CNC1CCOC1)COc1cccc(Cl)c1. The lowest BCUT2D eigenvalue weighted by atomic mass is 10.2. The van der Waals surface area contributed by atoms with Crippen LogP contribution in [0, 0.1) is 0 Å². The Kier molecular flexibility index (Phi) is 5.26. The lowest BCUT2D eigenvalue weighted by Gasteiger charge is -2.16. The molecule has 1 aliphatic rings. The van der Waals surface area contributed by atoms with E-state index in [9.17, 15) is 5.11 Å². The van der Waals surface area contributed by atoms with E-state index in [1.165, 1.54) is 0 Å². The molecule has 1 aromatic rings. The van der Waals surface area contributed by atoms with Crippen LogP contribution in [0.4, 0.5) is 0 Å². The van der Waals surface area contributed by atoms with Crippen LogP contribution in [0.5, 0.6) is 5.75 Å². The highest BCUT2D eigenvalue weighted by molar-refractivity contribution is 6.30. The summed E-state index contributed by atoms with van der Waals surface area (Å²) in [5.41, 5.74) is 0. The van der Waals surface area contributed by atoms with Gasteiger partial charge in [-0.3, -0.25) is 0 Å². The van der Waals surface area contributed by atoms with E-state index in [1.54, 1.807) is 12.1 Å². The summed E-state index contributed by atoms with van der Waals surface area (Å²) in [5, 5.41) is 13.7. The number of hydrogen-bond donors (Lipinski definition) is 2. The summed E-state index contributed by atoms with van der Waals surface area (Å²) in [4.78, 5) is 0. The van der Waals surface area contributed by atoms with Gasteiger partial charge in [-0.25, -0.2) is 0 Å². The number of rotatable bonds is 6. The molecule has 5 heteroatoms. The molecule has 0 amide bonds. The van der Waals surface area contributed by atoms with Crippen molar-refractivity contribution in [3.8, 4) is 5.75 Å². The molecule has 2 atom stereocenters. The first-order valence-corrected chi connectivity index (χ1v) is 6.49. The van der Waals surface area contributed by atoms with Crippen LogP contribution in [0.1, 0.15) is 6.42 Å². The minimum absolute atomic E-state index is 0.251. The molecule has 4 nitrogen and oxygen atoms in total. The Morgan fingerprint density at radius 2 is 2.44 bits per heavy atom. The van der Waals surface area contributed by atoms with Crippen LogP contribution in [0.25, 0.3) is 0 Å². The molecule has 1 saturated heterocycles. The van der Waals surface area contributed by atoms with Crippen LogP contribution in [0.2, 0.25) is 5.02 Å². The number of aliphatic hydroxyl groups excluding tert-OH is 1. The Bertz CT molecular complexity index is 369. The standard InChI is InChI=1S/C13H18ClNO3/c14-10-2-1-3-13(6-10)18-9-12(16)7-15-11-4-5-17-8-11/h1-3,6,11-12,15-16H,4-5,7-9H2. The Morgan fingerprint density at radius 1 is 1.56 bits per heavy atom. The zero-order valence-corrected chi connectivity index (χ0v) is 10.9. The van der Waals surface area contributed by atoms with Gasteiger partial charge in [0.1, 0.15) is 18.5 Å². The van der Waals surface area contributed by atoms with Crippen LogP contribution in [0.3, 0.4) is 0 Å². The summed E-state index contributed by atoms with van der Waals surface area (Å²) < 4.78 is 10.7. The summed E-state index contributed by atoms with van der Waals surface area (Å²) in [6.07, 6.45) is 0.464. The van der Waals surface area contributed by atoms with E-state index in [2.05, 4.69) is 5.32 Å². The molecule has 1 aromatic carbocycles. The lowest BCUT2D eigenvalue weighted by Crippen LogP contribution is -2.38. The fourth-order valence-electron chi connectivity index (χ4n) is 1.81. The molecule has 0 spiro atoms. The zero-order chi connectivity index (χ0) is 12.8. The molecule has 1 heterocycles. The van der Waals surface area contributed by atoms with Crippen molar-refractivity contribution < 1.29 is 14.6 Å². The van der Waals surface area contributed by atoms with Gasteiger partial charge in [0.2, 0.25) is 0 Å². The molecule has 0 saturated carbocycles. The summed E-state index contributed by atoms with van der Waals surface area (Å²) >= 11 is 5.84. The van der Waals surface area contributed by atoms with Gasteiger partial charge in [0.05, 0.1) is 6.61 Å². The molecule has 1 fully saturated rings. The van der Waals surface area contributed by atoms with Crippen molar-refractivity contribution in [3.05, 3.63) is 29.3 Å². The van der Waals surface area contributed by atoms with Gasteiger partial charge >= 0.3 is 0 Å². The van der Waals surface area contributed by atoms with Crippen molar-refractivity contribution in [2.75, 3.05) is 26.4 Å². The molecule has 1 aliphatic heterocycles. The molecule has 0 bridgehead atoms. The van der Waals surface area contributed by atoms with Crippen molar-refractivity contribution >= 4 is 11.6 Å². The van der Waals surface area contributed by atoms with E-state index in [0.717, 1.165) is 19.6 Å². The third-order valence-electron chi connectivity index (χ3n) is 2.81. The first kappa shape index (κ1) is 13.6. The molecule has 0 aliphatic carbocycles. The van der Waals surface area contributed by atoms with Gasteiger partial charge in [0, 0.05) is 24.2 Å². The van der Waals surface area contributed by atoms with Crippen molar-refractivity contribution in [3.63, 3.8) is 0 Å². The number of nitrogens with one attached hydrogen (secondary N) is 1. The van der Waals surface area contributed by atoms with Crippen LogP contribution in [0.15, 0.2) is 24.3 Å². The Morgan fingerprint density at radius 3 is 3.17 bits per heavy atom. The summed E-state index contributed by atoms with van der Waals surface area (Å²) in [6.45, 7) is 2.28. The second kappa shape index (κ2) is 6.95. The highest BCUT2D eigenvalue weighted by atomic mass is 35.5. The lowest BCUT2D eigenvalue weighted by molar-refractivity contribution is 0.102. The van der Waals surface area contributed by atoms with E-state index in [1.807, 2.05) is 12.1 Å². The van der Waals surface area contributed by atoms with E-state index in [-0.39, 0.29) is 6.61 Å². The number of halogens is 1. The van der Waals surface area contributed by atoms with Gasteiger partial charge < -0.3 is 19.9 Å². The highest BCUT2D eigenvalue weighted by Crippen LogP contribution is 2.17. The van der Waals surface area contributed by atoms with Crippen LogP contribution in [-0.2, 0) is 4.74 Å². The maximum absolute atomic E-state index is 9.78. The fraction of sp³-hybridized carbons (Fsp3) is 0.538. The third-order valence-corrected chi connectivity index (χ3v) is 3.05. The first-order valence-electron chi connectivity index (χ1n) is 6.11. The molecular weight excluding hydrogens is 254 g/mol. The number of benzene rings is 1. The van der Waals surface area contributed by atoms with Gasteiger partial charge in [0.15, 0.2) is 0 Å². The molecule has 2 N–H and O–H groups in total. The second-order valence-electron chi connectivity index (χ2n) is 4.39. The average molecular weight is 272 g/mol. The van der Waals surface area contributed by atoms with Crippen LogP contribution >= 0.6 is 11.6 Å². The first-order chi connectivity index (χ1) is 8.74. The molecule has 2 unspecified atom stereocenters. The normalized spacial score (nSPS) is 20.9. The number of hydrogen-bond acceptors (Lipinski definition) is 4. The van der Waals surface area contributed by atoms with E-state index < -0.39 is 6.10 Å². The van der Waals surface area contributed by atoms with Gasteiger partial charge in [-0.05, 0) is 24.6 Å². The van der Waals surface area contributed by atoms with Crippen LogP contribution < -0.4 is 10.1 Å². The zero-order valence-electron chi connectivity index (χ0n) is 10.1. The second-order valence-corrected chi connectivity index (χ2v) is 4.83. The Labute approximate surface area is 112 Å². The number of aliphatic hydroxyl groups is 1. The Hall–Kier alpha value is -0.810. The van der Waals surface area contributed by atoms with Gasteiger partial charge in [0.25, 0.3) is 0 Å². The monoisotopic (exact) mass is 271 g/mol. The van der Waals surface area contributed by atoms with E-state index >= 15 is 0 Å². The molecule has 18 heavy (non-hydrogen) atoms. The Balaban J connectivity index is 1.66. The maximum Gasteiger partial charge on any atom is 0.120 e.